The van der Waals surface area contributed by atoms with Crippen LogP contribution in [0.15, 0.2) is 87.5 Å². The van der Waals surface area contributed by atoms with Crippen LogP contribution in [0.5, 0.6) is 0 Å². The average molecular weight is 416 g/mol. The summed E-state index contributed by atoms with van der Waals surface area (Å²) in [6, 6.07) is 18.3. The minimum absolute atomic E-state index is 0.727. The molecule has 0 saturated carbocycles. The molecule has 0 saturated heterocycles. The van der Waals surface area contributed by atoms with Crippen molar-refractivity contribution in [3.63, 3.8) is 0 Å². The molecule has 0 bridgehead atoms. The smallest absolute Gasteiger partial charge is 0.0639 e. The van der Waals surface area contributed by atoms with E-state index in [0.717, 1.165) is 20.7 Å². The Morgan fingerprint density at radius 3 is 2.75 bits per heavy atom. The molecule has 0 unspecified atom stereocenters. The lowest BCUT2D eigenvalue weighted by atomic mass is 10.2. The first-order chi connectivity index (χ1) is 11.7. The van der Waals surface area contributed by atoms with Gasteiger partial charge in [0.1, 0.15) is 0 Å². The first-order valence-electron chi connectivity index (χ1n) is 7.35. The summed E-state index contributed by atoms with van der Waals surface area (Å²) in [4.78, 5) is 6.60. The molecule has 5 heteroatoms. The summed E-state index contributed by atoms with van der Waals surface area (Å²) in [5, 5.41) is 1.90. The maximum absolute atomic E-state index is 6.23. The zero-order valence-corrected chi connectivity index (χ0v) is 15.6. The van der Waals surface area contributed by atoms with Gasteiger partial charge in [-0.05, 0) is 42.5 Å². The molecule has 0 N–H and O–H groups in total. The molecule has 0 aliphatic heterocycles. The summed E-state index contributed by atoms with van der Waals surface area (Å²) < 4.78 is 3.21. The molecule has 4 aromatic rings. The van der Waals surface area contributed by atoms with Gasteiger partial charge in [0.25, 0.3) is 0 Å². The molecule has 4 rings (SSSR count). The lowest BCUT2D eigenvalue weighted by molar-refractivity contribution is 1.08. The van der Waals surface area contributed by atoms with Crippen LogP contribution in [0.4, 0.5) is 0 Å². The molecule has 0 aliphatic rings. The molecule has 0 atom stereocenters. The Hall–Kier alpha value is -1.75. The molecular weight excluding hydrogens is 404 g/mol. The number of halogens is 2. The summed E-state index contributed by atoms with van der Waals surface area (Å²) in [6.07, 6.45) is 5.77. The SMILES string of the molecule is Clc1ccc2c(Sc3cccc(Br)c3)cn(-c3cccnc3)c2c1. The predicted octanol–water partition coefficient (Wildman–Crippen LogP) is 6.59. The van der Waals surface area contributed by atoms with E-state index >= 15 is 0 Å². The molecule has 2 aromatic carbocycles. The van der Waals surface area contributed by atoms with E-state index < -0.39 is 0 Å². The predicted molar refractivity (Wildman–Crippen MR) is 104 cm³/mol. The molecule has 0 radical (unpaired) electrons. The van der Waals surface area contributed by atoms with Crippen LogP contribution < -0.4 is 0 Å². The van der Waals surface area contributed by atoms with E-state index in [1.54, 1.807) is 18.0 Å². The average Bonchev–Trinajstić information content (AvgIpc) is 2.93. The molecule has 0 aliphatic carbocycles. The van der Waals surface area contributed by atoms with Crippen LogP contribution in [-0.4, -0.2) is 9.55 Å². The van der Waals surface area contributed by atoms with Crippen molar-refractivity contribution in [2.45, 2.75) is 9.79 Å². The summed E-state index contributed by atoms with van der Waals surface area (Å²) in [5.41, 5.74) is 2.10. The number of hydrogen-bond acceptors (Lipinski definition) is 2. The van der Waals surface area contributed by atoms with E-state index in [2.05, 4.69) is 49.9 Å². The monoisotopic (exact) mass is 414 g/mol. The van der Waals surface area contributed by atoms with Crippen molar-refractivity contribution in [3.8, 4) is 5.69 Å². The number of aromatic nitrogens is 2. The van der Waals surface area contributed by atoms with Crippen LogP contribution in [0.2, 0.25) is 5.02 Å². The van der Waals surface area contributed by atoms with Crippen molar-refractivity contribution in [1.82, 2.24) is 9.55 Å². The zero-order chi connectivity index (χ0) is 16.5. The van der Waals surface area contributed by atoms with Gasteiger partial charge in [-0.3, -0.25) is 4.98 Å². The lowest BCUT2D eigenvalue weighted by Gasteiger charge is -2.04. The van der Waals surface area contributed by atoms with Crippen LogP contribution in [0.25, 0.3) is 16.6 Å². The molecule has 118 valence electrons. The highest BCUT2D eigenvalue weighted by Gasteiger charge is 2.12. The summed E-state index contributed by atoms with van der Waals surface area (Å²) in [5.74, 6) is 0. The molecular formula is C19H12BrClN2S. The van der Waals surface area contributed by atoms with Gasteiger partial charge in [0.05, 0.1) is 17.4 Å². The Labute approximate surface area is 157 Å². The van der Waals surface area contributed by atoms with Crippen molar-refractivity contribution in [2.75, 3.05) is 0 Å². The standard InChI is InChI=1S/C19H12BrClN2S/c20-13-3-1-5-16(9-13)24-19-12-23(15-4-2-8-22-11-15)18-10-14(21)6-7-17(18)19/h1-12H. The number of fused-ring (bicyclic) bond motifs is 1. The second kappa shape index (κ2) is 6.63. The van der Waals surface area contributed by atoms with Gasteiger partial charge in [-0.2, -0.15) is 0 Å². The van der Waals surface area contributed by atoms with E-state index in [1.807, 2.05) is 42.6 Å². The zero-order valence-electron chi connectivity index (χ0n) is 12.5. The Morgan fingerprint density at radius 2 is 1.96 bits per heavy atom. The first-order valence-corrected chi connectivity index (χ1v) is 9.34. The Balaban J connectivity index is 1.87. The van der Waals surface area contributed by atoms with E-state index in [-0.39, 0.29) is 0 Å². The van der Waals surface area contributed by atoms with Crippen molar-refractivity contribution in [2.24, 2.45) is 0 Å². The largest absolute Gasteiger partial charge is 0.314 e. The van der Waals surface area contributed by atoms with Gasteiger partial charge < -0.3 is 4.57 Å². The van der Waals surface area contributed by atoms with Crippen LogP contribution >= 0.6 is 39.3 Å². The summed E-state index contributed by atoms with van der Waals surface area (Å²) >= 11 is 11.5. The second-order valence-electron chi connectivity index (χ2n) is 5.30. The number of pyridine rings is 1. The number of benzene rings is 2. The van der Waals surface area contributed by atoms with Gasteiger partial charge in [-0.15, -0.1) is 0 Å². The third-order valence-corrected chi connectivity index (χ3v) is 5.44. The fourth-order valence-corrected chi connectivity index (χ4v) is 4.36. The van der Waals surface area contributed by atoms with Crippen molar-refractivity contribution < 1.29 is 0 Å². The van der Waals surface area contributed by atoms with Crippen molar-refractivity contribution in [1.29, 1.82) is 0 Å². The van der Waals surface area contributed by atoms with Crippen LogP contribution in [0.1, 0.15) is 0 Å². The third kappa shape index (κ3) is 3.09. The Kier molecular flexibility index (Phi) is 4.35. The fourth-order valence-electron chi connectivity index (χ4n) is 2.62. The Bertz CT molecular complexity index is 1010. The highest BCUT2D eigenvalue weighted by molar-refractivity contribution is 9.10. The molecule has 0 spiro atoms. The maximum Gasteiger partial charge on any atom is 0.0639 e. The minimum atomic E-state index is 0.727. The van der Waals surface area contributed by atoms with E-state index in [0.29, 0.717) is 0 Å². The molecule has 24 heavy (non-hydrogen) atoms. The van der Waals surface area contributed by atoms with Gasteiger partial charge >= 0.3 is 0 Å². The topological polar surface area (TPSA) is 17.8 Å². The van der Waals surface area contributed by atoms with Crippen molar-refractivity contribution in [3.05, 3.63) is 82.7 Å². The molecule has 0 fully saturated rings. The Morgan fingerprint density at radius 1 is 1.04 bits per heavy atom. The van der Waals surface area contributed by atoms with Gasteiger partial charge in [0.15, 0.2) is 0 Å². The van der Waals surface area contributed by atoms with Crippen molar-refractivity contribution >= 4 is 50.2 Å². The molecule has 2 nitrogen and oxygen atoms in total. The summed E-state index contributed by atoms with van der Waals surface area (Å²) in [6.45, 7) is 0. The minimum Gasteiger partial charge on any atom is -0.314 e. The highest BCUT2D eigenvalue weighted by Crippen LogP contribution is 2.37. The van der Waals surface area contributed by atoms with E-state index in [1.165, 1.54) is 15.2 Å². The normalized spacial score (nSPS) is 11.1. The quantitative estimate of drug-likeness (QED) is 0.375. The molecule has 2 aromatic heterocycles. The first kappa shape index (κ1) is 15.8. The lowest BCUT2D eigenvalue weighted by Crippen LogP contribution is -1.91. The third-order valence-electron chi connectivity index (χ3n) is 3.68. The second-order valence-corrected chi connectivity index (χ2v) is 7.76. The van der Waals surface area contributed by atoms with Gasteiger partial charge in [0.2, 0.25) is 0 Å². The van der Waals surface area contributed by atoms with Crippen LogP contribution in [0, 0.1) is 0 Å². The van der Waals surface area contributed by atoms with Gasteiger partial charge in [-0.1, -0.05) is 51.4 Å². The van der Waals surface area contributed by atoms with E-state index in [9.17, 15) is 0 Å². The number of rotatable bonds is 3. The van der Waals surface area contributed by atoms with Gasteiger partial charge in [-0.25, -0.2) is 0 Å². The van der Waals surface area contributed by atoms with Gasteiger partial charge in [0, 0.05) is 37.1 Å². The molecule has 0 amide bonds. The van der Waals surface area contributed by atoms with Crippen LogP contribution in [-0.2, 0) is 0 Å². The number of nitrogens with zero attached hydrogens (tertiary/aromatic N) is 2. The summed E-state index contributed by atoms with van der Waals surface area (Å²) in [7, 11) is 0. The molecule has 2 heterocycles. The fraction of sp³-hybridized carbons (Fsp3) is 0. The highest BCUT2D eigenvalue weighted by atomic mass is 79.9. The number of hydrogen-bond donors (Lipinski definition) is 0. The maximum atomic E-state index is 6.23. The van der Waals surface area contributed by atoms with Crippen LogP contribution in [0.3, 0.4) is 0 Å². The van der Waals surface area contributed by atoms with E-state index in [4.69, 9.17) is 11.6 Å².